The second-order valence-corrected chi connectivity index (χ2v) is 6.46. The predicted molar refractivity (Wildman–Crippen MR) is 106 cm³/mol. The van der Waals surface area contributed by atoms with Crippen molar-refractivity contribution >= 4 is 28.7 Å². The lowest BCUT2D eigenvalue weighted by Gasteiger charge is -2.14. The van der Waals surface area contributed by atoms with Gasteiger partial charge < -0.3 is 15.5 Å². The Labute approximate surface area is 161 Å². The van der Waals surface area contributed by atoms with Crippen molar-refractivity contribution in [1.82, 2.24) is 9.97 Å². The summed E-state index contributed by atoms with van der Waals surface area (Å²) in [5.41, 5.74) is 1.49. The molecule has 0 unspecified atom stereocenters. The van der Waals surface area contributed by atoms with Crippen molar-refractivity contribution in [2.24, 2.45) is 0 Å². The number of aryl methyl sites for hydroxylation is 1. The molecule has 0 aliphatic carbocycles. The summed E-state index contributed by atoms with van der Waals surface area (Å²) in [6, 6.07) is 14.4. The van der Waals surface area contributed by atoms with Gasteiger partial charge in [-0.1, -0.05) is 6.07 Å². The maximum atomic E-state index is 12.9. The molecule has 0 bridgehead atoms. The van der Waals surface area contributed by atoms with Crippen molar-refractivity contribution < 1.29 is 13.2 Å². The number of hydrogen-bond acceptors (Lipinski definition) is 5. The van der Waals surface area contributed by atoms with Gasteiger partial charge in [0.05, 0.1) is 5.56 Å². The van der Waals surface area contributed by atoms with Crippen LogP contribution in [0.3, 0.4) is 0 Å². The van der Waals surface area contributed by atoms with Crippen LogP contribution in [0, 0.1) is 6.92 Å². The lowest BCUT2D eigenvalue weighted by atomic mass is 10.2. The smallest absolute Gasteiger partial charge is 0.378 e. The summed E-state index contributed by atoms with van der Waals surface area (Å²) in [4.78, 5) is 10.6. The summed E-state index contributed by atoms with van der Waals surface area (Å²) >= 11 is 0. The molecule has 0 fully saturated rings. The van der Waals surface area contributed by atoms with Gasteiger partial charge in [0, 0.05) is 37.2 Å². The molecule has 1 aromatic heterocycles. The van der Waals surface area contributed by atoms with Gasteiger partial charge >= 0.3 is 6.18 Å². The van der Waals surface area contributed by atoms with Crippen molar-refractivity contribution in [1.29, 1.82) is 0 Å². The fraction of sp³-hybridized carbons (Fsp3) is 0.200. The van der Waals surface area contributed by atoms with Crippen LogP contribution in [0.1, 0.15) is 11.4 Å². The Hall–Kier alpha value is -3.29. The second kappa shape index (κ2) is 7.75. The van der Waals surface area contributed by atoms with Gasteiger partial charge in [-0.25, -0.2) is 9.97 Å². The van der Waals surface area contributed by atoms with E-state index in [1.807, 2.05) is 43.3 Å². The average molecular weight is 387 g/mol. The molecule has 0 aliphatic heterocycles. The first kappa shape index (κ1) is 19.5. The summed E-state index contributed by atoms with van der Waals surface area (Å²) in [5.74, 6) is 1.43. The summed E-state index contributed by atoms with van der Waals surface area (Å²) < 4.78 is 38.7. The van der Waals surface area contributed by atoms with Crippen LogP contribution in [-0.2, 0) is 6.18 Å². The number of rotatable bonds is 5. The van der Waals surface area contributed by atoms with E-state index in [1.54, 1.807) is 19.1 Å². The Bertz CT molecular complexity index is 953. The Morgan fingerprint density at radius 3 is 2.00 bits per heavy atom. The molecule has 28 heavy (non-hydrogen) atoms. The fourth-order valence-electron chi connectivity index (χ4n) is 2.61. The first-order valence-corrected chi connectivity index (χ1v) is 8.55. The van der Waals surface area contributed by atoms with Gasteiger partial charge in [-0.05, 0) is 49.4 Å². The third-order valence-corrected chi connectivity index (χ3v) is 3.96. The molecular weight excluding hydrogens is 367 g/mol. The first-order valence-electron chi connectivity index (χ1n) is 8.55. The van der Waals surface area contributed by atoms with Gasteiger partial charge in [0.2, 0.25) is 0 Å². The lowest BCUT2D eigenvalue weighted by molar-refractivity contribution is -0.137. The van der Waals surface area contributed by atoms with E-state index in [0.29, 0.717) is 23.1 Å². The van der Waals surface area contributed by atoms with Crippen molar-refractivity contribution in [3.63, 3.8) is 0 Å². The molecule has 0 saturated carbocycles. The molecule has 2 N–H and O–H groups in total. The number of aromatic nitrogens is 2. The number of alkyl halides is 3. The molecule has 0 amide bonds. The zero-order valence-corrected chi connectivity index (χ0v) is 15.7. The average Bonchev–Trinajstić information content (AvgIpc) is 2.61. The predicted octanol–water partition coefficient (Wildman–Crippen LogP) is 5.36. The van der Waals surface area contributed by atoms with Crippen molar-refractivity contribution in [3.8, 4) is 0 Å². The number of benzene rings is 2. The van der Waals surface area contributed by atoms with Gasteiger partial charge in [0.1, 0.15) is 17.5 Å². The molecule has 146 valence electrons. The highest BCUT2D eigenvalue weighted by molar-refractivity contribution is 5.65. The van der Waals surface area contributed by atoms with Crippen LogP contribution in [0.4, 0.5) is 41.9 Å². The van der Waals surface area contributed by atoms with Gasteiger partial charge in [0.15, 0.2) is 0 Å². The molecule has 0 aliphatic rings. The van der Waals surface area contributed by atoms with Crippen LogP contribution in [0.5, 0.6) is 0 Å². The maximum absolute atomic E-state index is 12.9. The van der Waals surface area contributed by atoms with E-state index in [1.165, 1.54) is 6.07 Å². The monoisotopic (exact) mass is 387 g/mol. The molecule has 3 rings (SSSR count). The van der Waals surface area contributed by atoms with E-state index >= 15 is 0 Å². The standard InChI is InChI=1S/C20H20F3N5/c1-13-24-18(26-15-7-9-17(10-8-15)28(2)3)12-19(25-13)27-16-6-4-5-14(11-16)20(21,22)23/h4-12H,1-3H3,(H2,24,25,26,27). The zero-order valence-electron chi connectivity index (χ0n) is 15.7. The van der Waals surface area contributed by atoms with Crippen molar-refractivity contribution in [2.75, 3.05) is 29.6 Å². The molecule has 8 heteroatoms. The number of halogens is 3. The second-order valence-electron chi connectivity index (χ2n) is 6.46. The largest absolute Gasteiger partial charge is 0.416 e. The number of anilines is 5. The fourth-order valence-corrected chi connectivity index (χ4v) is 2.61. The molecule has 5 nitrogen and oxygen atoms in total. The third kappa shape index (κ3) is 4.91. The highest BCUT2D eigenvalue weighted by Crippen LogP contribution is 2.31. The van der Waals surface area contributed by atoms with Crippen LogP contribution in [0.15, 0.2) is 54.6 Å². The summed E-state index contributed by atoms with van der Waals surface area (Å²) in [5, 5.41) is 6.09. The van der Waals surface area contributed by atoms with E-state index in [-0.39, 0.29) is 0 Å². The van der Waals surface area contributed by atoms with Gasteiger partial charge in [-0.2, -0.15) is 13.2 Å². The topological polar surface area (TPSA) is 53.1 Å². The molecular formula is C20H20F3N5. The molecule has 1 heterocycles. The number of nitrogens with zero attached hydrogens (tertiary/aromatic N) is 3. The van der Waals surface area contributed by atoms with Gasteiger partial charge in [0.25, 0.3) is 0 Å². The van der Waals surface area contributed by atoms with E-state index in [0.717, 1.165) is 23.5 Å². The Morgan fingerprint density at radius 1 is 0.821 bits per heavy atom. The molecule has 0 atom stereocenters. The molecule has 0 radical (unpaired) electrons. The van der Waals surface area contributed by atoms with Crippen LogP contribution in [0.25, 0.3) is 0 Å². The van der Waals surface area contributed by atoms with Crippen LogP contribution < -0.4 is 15.5 Å². The SMILES string of the molecule is Cc1nc(Nc2ccc(N(C)C)cc2)cc(Nc2cccc(C(F)(F)F)c2)n1. The van der Waals surface area contributed by atoms with Crippen molar-refractivity contribution in [3.05, 3.63) is 66.0 Å². The molecule has 0 saturated heterocycles. The first-order chi connectivity index (χ1) is 13.2. The lowest BCUT2D eigenvalue weighted by Crippen LogP contribution is -2.08. The van der Waals surface area contributed by atoms with E-state index < -0.39 is 11.7 Å². The quantitative estimate of drug-likeness (QED) is 0.618. The Balaban J connectivity index is 1.80. The number of nitrogens with one attached hydrogen (secondary N) is 2. The highest BCUT2D eigenvalue weighted by atomic mass is 19.4. The Kier molecular flexibility index (Phi) is 5.39. The summed E-state index contributed by atoms with van der Waals surface area (Å²) in [7, 11) is 3.92. The summed E-state index contributed by atoms with van der Waals surface area (Å²) in [6.45, 7) is 1.72. The minimum Gasteiger partial charge on any atom is -0.378 e. The molecule has 0 spiro atoms. The van der Waals surface area contributed by atoms with Gasteiger partial charge in [-0.3, -0.25) is 0 Å². The molecule has 3 aromatic rings. The highest BCUT2D eigenvalue weighted by Gasteiger charge is 2.30. The van der Waals surface area contributed by atoms with E-state index in [2.05, 4.69) is 20.6 Å². The minimum atomic E-state index is -4.40. The minimum absolute atomic E-state index is 0.300. The van der Waals surface area contributed by atoms with E-state index in [4.69, 9.17) is 0 Å². The maximum Gasteiger partial charge on any atom is 0.416 e. The number of hydrogen-bond donors (Lipinski definition) is 2. The Morgan fingerprint density at radius 2 is 1.43 bits per heavy atom. The van der Waals surface area contributed by atoms with Gasteiger partial charge in [-0.15, -0.1) is 0 Å². The van der Waals surface area contributed by atoms with Crippen LogP contribution in [0.2, 0.25) is 0 Å². The zero-order chi connectivity index (χ0) is 20.3. The normalized spacial score (nSPS) is 11.2. The van der Waals surface area contributed by atoms with E-state index in [9.17, 15) is 13.2 Å². The summed E-state index contributed by atoms with van der Waals surface area (Å²) in [6.07, 6.45) is -4.40. The molecule has 2 aromatic carbocycles. The van der Waals surface area contributed by atoms with Crippen LogP contribution in [-0.4, -0.2) is 24.1 Å². The van der Waals surface area contributed by atoms with Crippen LogP contribution >= 0.6 is 0 Å². The third-order valence-electron chi connectivity index (χ3n) is 3.96. The van der Waals surface area contributed by atoms with Crippen molar-refractivity contribution in [2.45, 2.75) is 13.1 Å².